The van der Waals surface area contributed by atoms with Gasteiger partial charge in [-0.3, -0.25) is 9.36 Å². The van der Waals surface area contributed by atoms with Crippen LogP contribution in [0.4, 0.5) is 10.1 Å². The monoisotopic (exact) mass is 478 g/mol. The van der Waals surface area contributed by atoms with Crippen LogP contribution >= 0.6 is 11.8 Å². The van der Waals surface area contributed by atoms with Crippen LogP contribution in [0.2, 0.25) is 0 Å². The normalized spacial score (nSPS) is 11.6. The zero-order chi connectivity index (χ0) is 23.9. The highest BCUT2D eigenvalue weighted by Gasteiger charge is 2.22. The lowest BCUT2D eigenvalue weighted by Crippen LogP contribution is -2.15. The third-order valence-electron chi connectivity index (χ3n) is 4.83. The highest BCUT2D eigenvalue weighted by Crippen LogP contribution is 2.29. The van der Waals surface area contributed by atoms with Gasteiger partial charge in [-0.2, -0.15) is 0 Å². The highest BCUT2D eigenvalue weighted by atomic mass is 32.2. The van der Waals surface area contributed by atoms with E-state index in [2.05, 4.69) is 15.5 Å². The van der Waals surface area contributed by atoms with Gasteiger partial charge in [0.2, 0.25) is 5.91 Å². The van der Waals surface area contributed by atoms with E-state index in [1.54, 1.807) is 25.3 Å². The molecule has 3 aromatic carbocycles. The number of aromatic nitrogens is 3. The quantitative estimate of drug-likeness (QED) is 0.330. The van der Waals surface area contributed by atoms with Crippen molar-refractivity contribution in [1.29, 1.82) is 0 Å². The van der Waals surface area contributed by atoms with E-state index in [0.717, 1.165) is 5.69 Å². The number of nitrogens with zero attached hydrogens (tertiary/aromatic N) is 3. The van der Waals surface area contributed by atoms with Crippen molar-refractivity contribution < 1.29 is 18.7 Å². The van der Waals surface area contributed by atoms with E-state index in [4.69, 9.17) is 9.47 Å². The van der Waals surface area contributed by atoms with Gasteiger partial charge in [0, 0.05) is 17.4 Å². The van der Waals surface area contributed by atoms with Crippen LogP contribution in [0.3, 0.4) is 0 Å². The van der Waals surface area contributed by atoms with Gasteiger partial charge in [-0.15, -0.1) is 10.2 Å². The molecule has 1 atom stereocenters. The Morgan fingerprint density at radius 3 is 2.56 bits per heavy atom. The Hall–Kier alpha value is -3.85. The number of nitrogens with one attached hydrogen (secondary N) is 1. The second kappa shape index (κ2) is 10.8. The van der Waals surface area contributed by atoms with Crippen LogP contribution in [0.1, 0.15) is 18.9 Å². The lowest BCUT2D eigenvalue weighted by Gasteiger charge is -2.17. The number of carbonyl (C=O) groups excluding carboxylic acids is 1. The van der Waals surface area contributed by atoms with Gasteiger partial charge < -0.3 is 14.8 Å². The van der Waals surface area contributed by atoms with Crippen LogP contribution < -0.4 is 14.8 Å². The molecule has 1 heterocycles. The van der Waals surface area contributed by atoms with Crippen LogP contribution in [-0.2, 0) is 4.79 Å². The molecule has 4 rings (SSSR count). The van der Waals surface area contributed by atoms with Gasteiger partial charge in [0.15, 0.2) is 17.1 Å². The van der Waals surface area contributed by atoms with Gasteiger partial charge in [-0.25, -0.2) is 4.39 Å². The fraction of sp³-hybridized carbons (Fsp3) is 0.160. The van der Waals surface area contributed by atoms with E-state index < -0.39 is 11.9 Å². The van der Waals surface area contributed by atoms with Crippen LogP contribution in [0, 0.1) is 5.82 Å². The first kappa shape index (κ1) is 23.3. The summed E-state index contributed by atoms with van der Waals surface area (Å²) in [6.07, 6.45) is -0.435. The Morgan fingerprint density at radius 2 is 1.79 bits per heavy atom. The molecule has 4 aromatic rings. The molecule has 0 saturated carbocycles. The number of anilines is 1. The van der Waals surface area contributed by atoms with Crippen molar-refractivity contribution in [1.82, 2.24) is 14.8 Å². The zero-order valence-corrected chi connectivity index (χ0v) is 19.5. The molecule has 0 radical (unpaired) electrons. The van der Waals surface area contributed by atoms with E-state index in [1.807, 2.05) is 60.0 Å². The van der Waals surface area contributed by atoms with Crippen LogP contribution in [0.15, 0.2) is 84.0 Å². The van der Waals surface area contributed by atoms with Crippen molar-refractivity contribution >= 4 is 23.4 Å². The first-order chi connectivity index (χ1) is 16.5. The molecule has 9 heteroatoms. The zero-order valence-electron chi connectivity index (χ0n) is 18.6. The number of ether oxygens (including phenoxy) is 2. The van der Waals surface area contributed by atoms with Gasteiger partial charge >= 0.3 is 0 Å². The number of hydrogen-bond donors (Lipinski definition) is 1. The average molecular weight is 479 g/mol. The number of rotatable bonds is 9. The summed E-state index contributed by atoms with van der Waals surface area (Å²) in [6, 6.07) is 22.7. The standard InChI is InChI=1S/C25H23FN4O3S/c1-17(33-22-13-7-12-21(15-22)32-2)24-28-29-25(30(24)20-10-4-3-5-11-20)34-16-23(31)27-19-9-6-8-18(26)14-19/h3-15,17H,16H2,1-2H3,(H,27,31). The maximum atomic E-state index is 13.4. The van der Waals surface area contributed by atoms with Gasteiger partial charge in [0.25, 0.3) is 0 Å². The maximum absolute atomic E-state index is 13.4. The van der Waals surface area contributed by atoms with Gasteiger partial charge in [0.1, 0.15) is 17.3 Å². The first-order valence-corrected chi connectivity index (χ1v) is 11.5. The van der Waals surface area contributed by atoms with Crippen molar-refractivity contribution in [3.8, 4) is 17.2 Å². The molecule has 0 aliphatic carbocycles. The fourth-order valence-electron chi connectivity index (χ4n) is 3.28. The van der Waals surface area contributed by atoms with Crippen molar-refractivity contribution in [2.45, 2.75) is 18.2 Å². The Bertz CT molecular complexity index is 1270. The minimum atomic E-state index is -0.435. The highest BCUT2D eigenvalue weighted by molar-refractivity contribution is 7.99. The Morgan fingerprint density at radius 1 is 1.03 bits per heavy atom. The number of para-hydroxylation sites is 1. The number of amides is 1. The van der Waals surface area contributed by atoms with Crippen molar-refractivity contribution in [3.63, 3.8) is 0 Å². The second-order valence-electron chi connectivity index (χ2n) is 7.30. The predicted molar refractivity (Wildman–Crippen MR) is 129 cm³/mol. The maximum Gasteiger partial charge on any atom is 0.234 e. The third kappa shape index (κ3) is 5.74. The molecule has 1 unspecified atom stereocenters. The first-order valence-electron chi connectivity index (χ1n) is 10.5. The summed E-state index contributed by atoms with van der Waals surface area (Å²) in [5, 5.41) is 11.9. The third-order valence-corrected chi connectivity index (χ3v) is 5.76. The van der Waals surface area contributed by atoms with E-state index in [-0.39, 0.29) is 11.7 Å². The van der Waals surface area contributed by atoms with Gasteiger partial charge in [-0.1, -0.05) is 42.1 Å². The van der Waals surface area contributed by atoms with E-state index in [1.165, 1.54) is 23.9 Å². The molecule has 34 heavy (non-hydrogen) atoms. The summed E-state index contributed by atoms with van der Waals surface area (Å²) in [4.78, 5) is 12.4. The number of thioether (sulfide) groups is 1. The molecule has 7 nitrogen and oxygen atoms in total. The second-order valence-corrected chi connectivity index (χ2v) is 8.24. The van der Waals surface area contributed by atoms with Gasteiger partial charge in [-0.05, 0) is 49.4 Å². The number of halogens is 1. The summed E-state index contributed by atoms with van der Waals surface area (Å²) in [5.74, 6) is 1.30. The molecule has 0 aliphatic heterocycles. The summed E-state index contributed by atoms with van der Waals surface area (Å²) in [5.41, 5.74) is 1.24. The lowest BCUT2D eigenvalue weighted by atomic mass is 10.3. The van der Waals surface area contributed by atoms with Crippen molar-refractivity contribution in [2.75, 3.05) is 18.2 Å². The SMILES string of the molecule is COc1cccc(OC(C)c2nnc(SCC(=O)Nc3cccc(F)c3)n2-c2ccccc2)c1. The molecule has 0 bridgehead atoms. The van der Waals surface area contributed by atoms with Crippen LogP contribution in [0.25, 0.3) is 5.69 Å². The largest absolute Gasteiger partial charge is 0.497 e. The molecule has 1 aromatic heterocycles. The van der Waals surface area contributed by atoms with Crippen LogP contribution in [0.5, 0.6) is 11.5 Å². The Labute approximate surface area is 200 Å². The van der Waals surface area contributed by atoms with E-state index in [9.17, 15) is 9.18 Å². The number of carbonyl (C=O) groups is 1. The van der Waals surface area contributed by atoms with Crippen molar-refractivity contribution in [3.05, 3.63) is 90.5 Å². The Kier molecular flexibility index (Phi) is 7.44. The molecule has 0 fully saturated rings. The molecule has 0 aliphatic rings. The molecule has 1 N–H and O–H groups in total. The fourth-order valence-corrected chi connectivity index (χ4v) is 4.04. The summed E-state index contributed by atoms with van der Waals surface area (Å²) in [7, 11) is 1.60. The van der Waals surface area contributed by atoms with Gasteiger partial charge in [0.05, 0.1) is 12.9 Å². The molecule has 1 amide bonds. The molecular formula is C25H23FN4O3S. The molecular weight excluding hydrogens is 455 g/mol. The topological polar surface area (TPSA) is 78.3 Å². The molecule has 0 spiro atoms. The summed E-state index contributed by atoms with van der Waals surface area (Å²) >= 11 is 1.23. The lowest BCUT2D eigenvalue weighted by molar-refractivity contribution is -0.113. The number of hydrogen-bond acceptors (Lipinski definition) is 6. The van der Waals surface area contributed by atoms with E-state index >= 15 is 0 Å². The Balaban J connectivity index is 1.54. The van der Waals surface area contributed by atoms with Crippen LogP contribution in [-0.4, -0.2) is 33.5 Å². The average Bonchev–Trinajstić information content (AvgIpc) is 3.27. The minimum Gasteiger partial charge on any atom is -0.497 e. The number of benzene rings is 3. The smallest absolute Gasteiger partial charge is 0.234 e. The predicted octanol–water partition coefficient (Wildman–Crippen LogP) is 5.29. The summed E-state index contributed by atoms with van der Waals surface area (Å²) in [6.45, 7) is 1.88. The van der Waals surface area contributed by atoms with E-state index in [0.29, 0.717) is 28.2 Å². The summed E-state index contributed by atoms with van der Waals surface area (Å²) < 4.78 is 26.6. The minimum absolute atomic E-state index is 0.0760. The molecule has 174 valence electrons. The van der Waals surface area contributed by atoms with Crippen molar-refractivity contribution in [2.24, 2.45) is 0 Å². The number of methoxy groups -OCH3 is 1. The molecule has 0 saturated heterocycles.